The summed E-state index contributed by atoms with van der Waals surface area (Å²) in [5, 5.41) is 16.2. The Morgan fingerprint density at radius 3 is 2.45 bits per heavy atom. The Morgan fingerprint density at radius 2 is 1.70 bits per heavy atom. The summed E-state index contributed by atoms with van der Waals surface area (Å²) in [6.07, 6.45) is 0.936. The molecule has 2 aromatic rings. The first kappa shape index (κ1) is 14.2. The highest BCUT2D eigenvalue weighted by Crippen LogP contribution is 2.25. The lowest BCUT2D eigenvalue weighted by Gasteiger charge is -2.11. The smallest absolute Gasteiger partial charge is 0.101 e. The van der Waals surface area contributed by atoms with Crippen LogP contribution in [-0.4, -0.2) is 13.1 Å². The molecule has 0 spiro atoms. The molecule has 0 unspecified atom stereocenters. The molecule has 0 heterocycles. The van der Waals surface area contributed by atoms with Gasteiger partial charge in [-0.25, -0.2) is 0 Å². The van der Waals surface area contributed by atoms with Crippen LogP contribution in [0.2, 0.25) is 5.02 Å². The molecule has 0 aliphatic rings. The zero-order valence-corrected chi connectivity index (χ0v) is 11.8. The van der Waals surface area contributed by atoms with Crippen LogP contribution in [0.5, 0.6) is 0 Å². The van der Waals surface area contributed by atoms with E-state index in [4.69, 9.17) is 16.9 Å². The fraction of sp³-hybridized carbons (Fsp3) is 0.188. The molecule has 0 atom stereocenters. The van der Waals surface area contributed by atoms with E-state index in [-0.39, 0.29) is 0 Å². The first-order valence-corrected chi connectivity index (χ1v) is 6.90. The summed E-state index contributed by atoms with van der Waals surface area (Å²) in [5.74, 6) is 0. The van der Waals surface area contributed by atoms with E-state index in [1.165, 1.54) is 0 Å². The number of hydrogen-bond donors (Lipinski definition) is 2. The number of nitrogens with one attached hydrogen (secondary N) is 2. The average Bonchev–Trinajstić information content (AvgIpc) is 2.49. The summed E-state index contributed by atoms with van der Waals surface area (Å²) in [6.45, 7) is 1.63. The fourth-order valence-corrected chi connectivity index (χ4v) is 2.13. The van der Waals surface area contributed by atoms with Gasteiger partial charge in [-0.3, -0.25) is 0 Å². The van der Waals surface area contributed by atoms with Gasteiger partial charge in [0.25, 0.3) is 0 Å². The van der Waals surface area contributed by atoms with Crippen molar-refractivity contribution in [2.45, 2.75) is 6.42 Å². The van der Waals surface area contributed by atoms with Gasteiger partial charge >= 0.3 is 0 Å². The minimum Gasteiger partial charge on any atom is -0.385 e. The number of hydrogen-bond acceptors (Lipinski definition) is 3. The summed E-state index contributed by atoms with van der Waals surface area (Å²) >= 11 is 6.09. The molecular weight excluding hydrogens is 270 g/mol. The second-order valence-electron chi connectivity index (χ2n) is 4.35. The van der Waals surface area contributed by atoms with E-state index in [1.54, 1.807) is 18.2 Å². The van der Waals surface area contributed by atoms with Gasteiger partial charge in [0.2, 0.25) is 0 Å². The summed E-state index contributed by atoms with van der Waals surface area (Å²) in [6, 6.07) is 17.5. The van der Waals surface area contributed by atoms with Gasteiger partial charge in [-0.2, -0.15) is 5.26 Å². The van der Waals surface area contributed by atoms with Crippen molar-refractivity contribution in [3.63, 3.8) is 0 Å². The van der Waals surface area contributed by atoms with Gasteiger partial charge in [0, 0.05) is 18.8 Å². The topological polar surface area (TPSA) is 47.9 Å². The number of nitrogens with zero attached hydrogens (tertiary/aromatic N) is 1. The van der Waals surface area contributed by atoms with Crippen LogP contribution in [-0.2, 0) is 0 Å². The predicted octanol–water partition coefficient (Wildman–Crippen LogP) is 4.13. The van der Waals surface area contributed by atoms with Crippen molar-refractivity contribution in [2.75, 3.05) is 23.7 Å². The van der Waals surface area contributed by atoms with Crippen LogP contribution in [0.3, 0.4) is 0 Å². The summed E-state index contributed by atoms with van der Waals surface area (Å²) in [4.78, 5) is 0. The molecule has 2 aromatic carbocycles. The second-order valence-corrected chi connectivity index (χ2v) is 4.75. The maximum atomic E-state index is 9.03. The first-order chi connectivity index (χ1) is 9.81. The van der Waals surface area contributed by atoms with Gasteiger partial charge in [0.05, 0.1) is 16.3 Å². The van der Waals surface area contributed by atoms with Gasteiger partial charge in [-0.05, 0) is 30.7 Å². The summed E-state index contributed by atoms with van der Waals surface area (Å²) in [7, 11) is 0. The number of benzene rings is 2. The lowest BCUT2D eigenvalue weighted by Crippen LogP contribution is -2.10. The Kier molecular flexibility index (Phi) is 5.28. The molecule has 2 N–H and O–H groups in total. The molecule has 2 rings (SSSR count). The van der Waals surface area contributed by atoms with Crippen molar-refractivity contribution in [1.82, 2.24) is 0 Å². The van der Waals surface area contributed by atoms with Crippen LogP contribution < -0.4 is 10.6 Å². The molecule has 0 radical (unpaired) electrons. The van der Waals surface area contributed by atoms with E-state index in [1.807, 2.05) is 30.3 Å². The lowest BCUT2D eigenvalue weighted by molar-refractivity contribution is 0.909. The monoisotopic (exact) mass is 285 g/mol. The molecule has 102 valence electrons. The first-order valence-electron chi connectivity index (χ1n) is 6.52. The number of para-hydroxylation sites is 2. The van der Waals surface area contributed by atoms with Crippen molar-refractivity contribution >= 4 is 23.0 Å². The van der Waals surface area contributed by atoms with Crippen molar-refractivity contribution < 1.29 is 0 Å². The highest BCUT2D eigenvalue weighted by Gasteiger charge is 2.05. The number of rotatable bonds is 6. The Morgan fingerprint density at radius 1 is 0.950 bits per heavy atom. The molecule has 0 amide bonds. The molecule has 4 heteroatoms. The minimum atomic E-state index is 0.577. The van der Waals surface area contributed by atoms with Gasteiger partial charge in [-0.15, -0.1) is 0 Å². The third-order valence-electron chi connectivity index (χ3n) is 2.89. The maximum absolute atomic E-state index is 9.03. The van der Waals surface area contributed by atoms with Gasteiger partial charge in [0.1, 0.15) is 6.07 Å². The van der Waals surface area contributed by atoms with E-state index in [0.29, 0.717) is 10.6 Å². The summed E-state index contributed by atoms with van der Waals surface area (Å²) in [5.41, 5.74) is 2.41. The van der Waals surface area contributed by atoms with Crippen LogP contribution in [0.15, 0.2) is 48.5 Å². The Bertz CT molecular complexity index is 590. The molecule has 20 heavy (non-hydrogen) atoms. The standard InChI is InChI=1S/C16H16ClN3/c17-15-9-4-6-13(12-18)16(15)20-11-5-10-19-14-7-2-1-3-8-14/h1-4,6-9,19-20H,5,10-11H2. The second kappa shape index (κ2) is 7.42. The zero-order chi connectivity index (χ0) is 14.2. The van der Waals surface area contributed by atoms with Gasteiger partial charge in [0.15, 0.2) is 0 Å². The molecule has 0 fully saturated rings. The average molecular weight is 286 g/mol. The predicted molar refractivity (Wildman–Crippen MR) is 84.2 cm³/mol. The molecule has 0 saturated heterocycles. The van der Waals surface area contributed by atoms with E-state index >= 15 is 0 Å². The molecule has 0 aliphatic carbocycles. The van der Waals surface area contributed by atoms with Gasteiger partial charge < -0.3 is 10.6 Å². The van der Waals surface area contributed by atoms with Crippen molar-refractivity contribution in [2.24, 2.45) is 0 Å². The van der Waals surface area contributed by atoms with E-state index < -0.39 is 0 Å². The number of nitriles is 1. The minimum absolute atomic E-state index is 0.577. The molecule has 0 bridgehead atoms. The third-order valence-corrected chi connectivity index (χ3v) is 3.21. The largest absolute Gasteiger partial charge is 0.385 e. The maximum Gasteiger partial charge on any atom is 0.101 e. The highest BCUT2D eigenvalue weighted by atomic mass is 35.5. The van der Waals surface area contributed by atoms with Crippen LogP contribution in [0, 0.1) is 11.3 Å². The Labute approximate surface area is 124 Å². The molecular formula is C16H16ClN3. The van der Waals surface area contributed by atoms with Crippen molar-refractivity contribution in [3.05, 3.63) is 59.1 Å². The SMILES string of the molecule is N#Cc1cccc(Cl)c1NCCCNc1ccccc1. The molecule has 0 aliphatic heterocycles. The van der Waals surface area contributed by atoms with E-state index in [2.05, 4.69) is 16.7 Å². The van der Waals surface area contributed by atoms with Crippen molar-refractivity contribution in [3.8, 4) is 6.07 Å². The normalized spacial score (nSPS) is 9.80. The number of anilines is 2. The lowest BCUT2D eigenvalue weighted by atomic mass is 10.2. The molecule has 0 aromatic heterocycles. The van der Waals surface area contributed by atoms with Crippen LogP contribution >= 0.6 is 11.6 Å². The van der Waals surface area contributed by atoms with Gasteiger partial charge in [-0.1, -0.05) is 35.9 Å². The highest BCUT2D eigenvalue weighted by molar-refractivity contribution is 6.33. The van der Waals surface area contributed by atoms with Crippen LogP contribution in [0.1, 0.15) is 12.0 Å². The van der Waals surface area contributed by atoms with E-state index in [9.17, 15) is 0 Å². The molecule has 3 nitrogen and oxygen atoms in total. The quantitative estimate of drug-likeness (QED) is 0.785. The number of halogens is 1. The molecule has 0 saturated carbocycles. The Hall–Kier alpha value is -2.18. The summed E-state index contributed by atoms with van der Waals surface area (Å²) < 4.78 is 0. The third kappa shape index (κ3) is 3.91. The van der Waals surface area contributed by atoms with Crippen LogP contribution in [0.4, 0.5) is 11.4 Å². The van der Waals surface area contributed by atoms with Crippen molar-refractivity contribution in [1.29, 1.82) is 5.26 Å². The van der Waals surface area contributed by atoms with Crippen LogP contribution in [0.25, 0.3) is 0 Å². The Balaban J connectivity index is 1.78. The van der Waals surface area contributed by atoms with E-state index in [0.717, 1.165) is 30.9 Å². The fourth-order valence-electron chi connectivity index (χ4n) is 1.89. The zero-order valence-electron chi connectivity index (χ0n) is 11.1.